The van der Waals surface area contributed by atoms with Crippen LogP contribution in [0.25, 0.3) is 77.2 Å². The highest BCUT2D eigenvalue weighted by atomic mass is 15.1. The molecule has 268 valence electrons. The first-order valence-corrected chi connectivity index (χ1v) is 19.3. The molecule has 0 amide bonds. The van der Waals surface area contributed by atoms with Crippen molar-refractivity contribution in [2.24, 2.45) is 0 Å². The normalized spacial score (nSPS) is 11.9. The van der Waals surface area contributed by atoms with Gasteiger partial charge >= 0.3 is 0 Å². The van der Waals surface area contributed by atoms with Crippen LogP contribution in [0.4, 0.5) is 17.1 Å². The summed E-state index contributed by atoms with van der Waals surface area (Å²) >= 11 is 0. The van der Waals surface area contributed by atoms with Crippen LogP contribution in [-0.2, 0) is 0 Å². The minimum Gasteiger partial charge on any atom is -0.310 e. The van der Waals surface area contributed by atoms with E-state index >= 15 is 0 Å². The Labute approximate surface area is 338 Å². The second-order valence-electron chi connectivity index (χ2n) is 14.3. The molecule has 0 aliphatic rings. The molecule has 10 aromatic carbocycles. The van der Waals surface area contributed by atoms with Crippen molar-refractivity contribution >= 4 is 38.6 Å². The Kier molecular flexibility index (Phi) is 8.10. The van der Waals surface area contributed by atoms with Crippen LogP contribution < -0.4 is 4.90 Å². The minimum atomic E-state index is 0.0125. The van der Waals surface area contributed by atoms with Gasteiger partial charge in [-0.25, -0.2) is 0 Å². The number of fused-ring (bicyclic) bond motifs is 2. The zero-order valence-electron chi connectivity index (χ0n) is 34.2. The predicted octanol–water partition coefficient (Wildman–Crippen LogP) is 15.8. The maximum atomic E-state index is 9.83. The topological polar surface area (TPSA) is 3.24 Å². The van der Waals surface area contributed by atoms with Gasteiger partial charge in [0.25, 0.3) is 0 Å². The van der Waals surface area contributed by atoms with Crippen molar-refractivity contribution in [3.05, 3.63) is 237 Å². The molecule has 10 aromatic rings. The Bertz CT molecular complexity index is 3150. The molecule has 0 fully saturated rings. The van der Waals surface area contributed by atoms with Gasteiger partial charge in [-0.2, -0.15) is 0 Å². The number of hydrogen-bond acceptors (Lipinski definition) is 1. The maximum Gasteiger partial charge on any atom is 0.0645 e. The fraction of sp³-hybridized carbons (Fsp3) is 0. The van der Waals surface area contributed by atoms with Gasteiger partial charge in [0.15, 0.2) is 0 Å². The highest BCUT2D eigenvalue weighted by Gasteiger charge is 2.20. The molecular weight excluding hydrogens is 687 g/mol. The first-order chi connectivity index (χ1) is 29.5. The molecule has 0 atom stereocenters. The molecule has 0 N–H and O–H groups in total. The Morgan fingerprint density at radius 3 is 1.47 bits per heavy atom. The van der Waals surface area contributed by atoms with Crippen molar-refractivity contribution < 1.29 is 4.11 Å². The fourth-order valence-corrected chi connectivity index (χ4v) is 7.93. The van der Waals surface area contributed by atoms with E-state index in [1.165, 1.54) is 21.5 Å². The summed E-state index contributed by atoms with van der Waals surface area (Å²) in [5, 5.41) is 4.71. The average molecular weight is 729 g/mol. The van der Waals surface area contributed by atoms with Crippen LogP contribution in [0.3, 0.4) is 0 Å². The third-order valence-corrected chi connectivity index (χ3v) is 10.8. The molecule has 0 radical (unpaired) electrons. The van der Waals surface area contributed by atoms with Crippen LogP contribution in [0.1, 0.15) is 4.11 Å². The van der Waals surface area contributed by atoms with Crippen LogP contribution in [-0.4, -0.2) is 0 Å². The summed E-state index contributed by atoms with van der Waals surface area (Å²) in [5.41, 5.74) is 11.4. The van der Waals surface area contributed by atoms with Crippen molar-refractivity contribution in [1.29, 1.82) is 0 Å². The van der Waals surface area contributed by atoms with E-state index in [1.54, 1.807) is 0 Å². The van der Waals surface area contributed by atoms with E-state index in [2.05, 4.69) is 157 Å². The summed E-state index contributed by atoms with van der Waals surface area (Å²) in [7, 11) is 0. The van der Waals surface area contributed by atoms with Crippen molar-refractivity contribution in [3.8, 4) is 55.6 Å². The second kappa shape index (κ2) is 15.0. The highest BCUT2D eigenvalue weighted by Crippen LogP contribution is 2.45. The van der Waals surface area contributed by atoms with Gasteiger partial charge in [-0.15, -0.1) is 0 Å². The molecule has 0 unspecified atom stereocenters. The molecular formula is C56H39N. The van der Waals surface area contributed by atoms with Gasteiger partial charge in [0, 0.05) is 16.9 Å². The molecule has 0 aliphatic carbocycles. The Balaban J connectivity index is 1.19. The molecule has 0 spiro atoms. The summed E-state index contributed by atoms with van der Waals surface area (Å²) in [6.45, 7) is 0. The number of benzene rings is 10. The van der Waals surface area contributed by atoms with Crippen LogP contribution in [0.5, 0.6) is 0 Å². The second-order valence-corrected chi connectivity index (χ2v) is 14.3. The first-order valence-electron chi connectivity index (χ1n) is 20.8. The summed E-state index contributed by atoms with van der Waals surface area (Å²) in [6.07, 6.45) is 0. The number of rotatable bonds is 8. The van der Waals surface area contributed by atoms with Gasteiger partial charge in [0.05, 0.1) is 9.80 Å². The van der Waals surface area contributed by atoms with Gasteiger partial charge in [-0.3, -0.25) is 0 Å². The molecule has 1 nitrogen and oxygen atoms in total. The lowest BCUT2D eigenvalue weighted by Gasteiger charge is -2.29. The number of nitrogens with zero attached hydrogens (tertiary/aromatic N) is 1. The predicted molar refractivity (Wildman–Crippen MR) is 243 cm³/mol. The van der Waals surface area contributed by atoms with Gasteiger partial charge in [0.2, 0.25) is 0 Å². The van der Waals surface area contributed by atoms with E-state index in [4.69, 9.17) is 0 Å². The molecule has 0 saturated heterocycles. The Morgan fingerprint density at radius 2 is 0.807 bits per heavy atom. The van der Waals surface area contributed by atoms with Crippen LogP contribution in [0.2, 0.25) is 0 Å². The van der Waals surface area contributed by atoms with E-state index in [0.29, 0.717) is 16.8 Å². The average Bonchev–Trinajstić information content (AvgIpc) is 3.31. The van der Waals surface area contributed by atoms with E-state index in [1.807, 2.05) is 66.7 Å². The minimum absolute atomic E-state index is 0.0125. The van der Waals surface area contributed by atoms with Gasteiger partial charge in [-0.05, 0) is 114 Å². The zero-order valence-corrected chi connectivity index (χ0v) is 31.2. The zero-order chi connectivity index (χ0) is 40.6. The van der Waals surface area contributed by atoms with E-state index in [9.17, 15) is 4.11 Å². The summed E-state index contributed by atoms with van der Waals surface area (Å²) in [4.78, 5) is 2.06. The summed E-state index contributed by atoms with van der Waals surface area (Å²) in [6, 6.07) is 75.0. The lowest BCUT2D eigenvalue weighted by molar-refractivity contribution is 1.28. The molecule has 0 aromatic heterocycles. The molecule has 57 heavy (non-hydrogen) atoms. The third-order valence-electron chi connectivity index (χ3n) is 10.8. The van der Waals surface area contributed by atoms with Crippen LogP contribution in [0.15, 0.2) is 237 Å². The van der Waals surface area contributed by atoms with Gasteiger partial charge in [0.1, 0.15) is 0 Å². The fourth-order valence-electron chi connectivity index (χ4n) is 7.93. The standard InChI is InChI=1S/C56H39N/c1-4-14-40(15-5-1)49-31-37-55(54(39-49)44-19-8-3-9-20-44)57(50-32-26-42(27-33-50)48-25-24-41-16-10-11-22-47(41)38-48)51-34-28-46(29-35-51)56-52-23-13-12-21-45(52)30-36-53(56)43-17-6-2-7-18-43/h1-39H/i31D,37D,39D. The molecule has 0 heterocycles. The summed E-state index contributed by atoms with van der Waals surface area (Å²) in [5.74, 6) is 0. The lowest BCUT2D eigenvalue weighted by Crippen LogP contribution is -2.11. The highest BCUT2D eigenvalue weighted by molar-refractivity contribution is 6.04. The van der Waals surface area contributed by atoms with Gasteiger partial charge < -0.3 is 4.90 Å². The van der Waals surface area contributed by atoms with Crippen LogP contribution in [0, 0.1) is 0 Å². The Hall–Kier alpha value is -7.48. The van der Waals surface area contributed by atoms with E-state index < -0.39 is 0 Å². The quantitative estimate of drug-likeness (QED) is 0.151. The molecule has 10 rings (SSSR count). The molecule has 1 heteroatoms. The molecule has 0 saturated carbocycles. The Morgan fingerprint density at radius 1 is 0.316 bits per heavy atom. The molecule has 0 bridgehead atoms. The maximum absolute atomic E-state index is 9.83. The number of hydrogen-bond donors (Lipinski definition) is 0. The van der Waals surface area contributed by atoms with Crippen LogP contribution >= 0.6 is 0 Å². The largest absolute Gasteiger partial charge is 0.310 e. The first kappa shape index (κ1) is 30.8. The van der Waals surface area contributed by atoms with Crippen molar-refractivity contribution in [3.63, 3.8) is 0 Å². The third kappa shape index (κ3) is 6.66. The smallest absolute Gasteiger partial charge is 0.0645 e. The van der Waals surface area contributed by atoms with E-state index in [-0.39, 0.29) is 18.1 Å². The van der Waals surface area contributed by atoms with Gasteiger partial charge in [-0.1, -0.05) is 194 Å². The monoisotopic (exact) mass is 728 g/mol. The summed E-state index contributed by atoms with van der Waals surface area (Å²) < 4.78 is 29.2. The molecule has 0 aliphatic heterocycles. The SMILES string of the molecule is [2H]c1c([2H])c(N(c2ccc(-c3ccc4ccccc4c3)cc2)c2ccc(-c3c(-c4ccccc4)ccc4ccccc34)cc2)c(-c2ccccc2)c([2H])c1-c1ccccc1. The van der Waals surface area contributed by atoms with Crippen molar-refractivity contribution in [1.82, 2.24) is 0 Å². The lowest BCUT2D eigenvalue weighted by atomic mass is 9.89. The van der Waals surface area contributed by atoms with Crippen molar-refractivity contribution in [2.45, 2.75) is 0 Å². The van der Waals surface area contributed by atoms with Crippen molar-refractivity contribution in [2.75, 3.05) is 4.90 Å². The van der Waals surface area contributed by atoms with E-state index in [0.717, 1.165) is 55.9 Å². The number of anilines is 3.